The van der Waals surface area contributed by atoms with Crippen molar-refractivity contribution in [1.82, 2.24) is 0 Å². The molecule has 0 aromatic heterocycles. The number of aryl methyl sites for hydroxylation is 2. The molecule has 1 rings (SSSR count). The van der Waals surface area contributed by atoms with E-state index >= 15 is 0 Å². The molecule has 2 heteroatoms. The van der Waals surface area contributed by atoms with E-state index in [1.165, 1.54) is 0 Å². The Balaban J connectivity index is 2.94. The number of benzene rings is 1. The van der Waals surface area contributed by atoms with Gasteiger partial charge >= 0.3 is 0 Å². The van der Waals surface area contributed by atoms with Crippen LogP contribution in [0.4, 0.5) is 0 Å². The van der Waals surface area contributed by atoms with E-state index in [0.717, 1.165) is 55.2 Å². The Bertz CT molecular complexity index is 316. The molecule has 0 radical (unpaired) electrons. The maximum absolute atomic E-state index is 10.2. The summed E-state index contributed by atoms with van der Waals surface area (Å²) in [5.41, 5.74) is 2.90. The van der Waals surface area contributed by atoms with Crippen LogP contribution >= 0.6 is 0 Å². The predicted octanol–water partition coefficient (Wildman–Crippen LogP) is 3.57. The second-order valence-corrected chi connectivity index (χ2v) is 4.63. The lowest BCUT2D eigenvalue weighted by molar-refractivity contribution is 0.281. The maximum Gasteiger partial charge on any atom is 0.121 e. The van der Waals surface area contributed by atoms with E-state index in [9.17, 15) is 10.2 Å². The van der Waals surface area contributed by atoms with Gasteiger partial charge in [0.2, 0.25) is 0 Å². The molecule has 0 saturated carbocycles. The first-order valence-electron chi connectivity index (χ1n) is 6.67. The van der Waals surface area contributed by atoms with Crippen molar-refractivity contribution in [3.8, 4) is 5.75 Å². The zero-order valence-electron chi connectivity index (χ0n) is 11.0. The van der Waals surface area contributed by atoms with Gasteiger partial charge in [0.15, 0.2) is 0 Å². The zero-order chi connectivity index (χ0) is 12.7. The van der Waals surface area contributed by atoms with Gasteiger partial charge in [0.25, 0.3) is 0 Å². The molecular formula is C15H24O2. The number of rotatable bonds is 7. The number of unbranched alkanes of at least 4 members (excludes halogenated alkanes) is 2. The van der Waals surface area contributed by atoms with Crippen LogP contribution < -0.4 is 0 Å². The first-order chi connectivity index (χ1) is 8.22. The van der Waals surface area contributed by atoms with E-state index in [4.69, 9.17) is 0 Å². The van der Waals surface area contributed by atoms with Crippen molar-refractivity contribution in [1.29, 1.82) is 0 Å². The number of phenolic OH excluding ortho intramolecular Hbond substituents is 1. The highest BCUT2D eigenvalue weighted by molar-refractivity contribution is 5.44. The molecule has 0 heterocycles. The molecular weight excluding hydrogens is 212 g/mol. The maximum atomic E-state index is 10.2. The Morgan fingerprint density at radius 1 is 0.941 bits per heavy atom. The summed E-state index contributed by atoms with van der Waals surface area (Å²) >= 11 is 0. The fourth-order valence-corrected chi connectivity index (χ4v) is 2.04. The van der Waals surface area contributed by atoms with Crippen molar-refractivity contribution in [3.63, 3.8) is 0 Å². The topological polar surface area (TPSA) is 40.5 Å². The van der Waals surface area contributed by atoms with Gasteiger partial charge in [0, 0.05) is 0 Å². The second kappa shape index (κ2) is 7.33. The fourth-order valence-electron chi connectivity index (χ4n) is 2.04. The monoisotopic (exact) mass is 236 g/mol. The van der Waals surface area contributed by atoms with Gasteiger partial charge in [0.05, 0.1) is 6.61 Å². The van der Waals surface area contributed by atoms with Gasteiger partial charge in [-0.3, -0.25) is 0 Å². The van der Waals surface area contributed by atoms with E-state index in [-0.39, 0.29) is 6.61 Å². The molecule has 0 fully saturated rings. The Morgan fingerprint density at radius 2 is 1.41 bits per heavy atom. The highest BCUT2D eigenvalue weighted by Crippen LogP contribution is 2.27. The summed E-state index contributed by atoms with van der Waals surface area (Å²) in [6, 6.07) is 3.86. The van der Waals surface area contributed by atoms with Gasteiger partial charge in [0.1, 0.15) is 5.75 Å². The summed E-state index contributed by atoms with van der Waals surface area (Å²) in [4.78, 5) is 0. The van der Waals surface area contributed by atoms with Crippen LogP contribution in [0.5, 0.6) is 5.75 Å². The number of aromatic hydroxyl groups is 1. The van der Waals surface area contributed by atoms with Crippen LogP contribution in [0.3, 0.4) is 0 Å². The third-order valence-electron chi connectivity index (χ3n) is 3.11. The van der Waals surface area contributed by atoms with Crippen molar-refractivity contribution >= 4 is 0 Å². The second-order valence-electron chi connectivity index (χ2n) is 4.63. The highest BCUT2D eigenvalue weighted by Gasteiger charge is 2.09. The molecule has 0 aliphatic heterocycles. The minimum Gasteiger partial charge on any atom is -0.507 e. The van der Waals surface area contributed by atoms with Crippen molar-refractivity contribution in [3.05, 3.63) is 28.8 Å². The third-order valence-corrected chi connectivity index (χ3v) is 3.11. The van der Waals surface area contributed by atoms with Crippen LogP contribution in [-0.2, 0) is 19.4 Å². The van der Waals surface area contributed by atoms with Crippen molar-refractivity contribution < 1.29 is 10.2 Å². The molecule has 0 atom stereocenters. The zero-order valence-corrected chi connectivity index (χ0v) is 11.0. The largest absolute Gasteiger partial charge is 0.507 e. The molecule has 0 spiro atoms. The Morgan fingerprint density at radius 3 is 1.76 bits per heavy atom. The van der Waals surface area contributed by atoms with E-state index in [2.05, 4.69) is 13.8 Å². The van der Waals surface area contributed by atoms with E-state index in [0.29, 0.717) is 5.75 Å². The quantitative estimate of drug-likeness (QED) is 0.759. The molecule has 0 amide bonds. The van der Waals surface area contributed by atoms with E-state index in [1.54, 1.807) is 0 Å². The summed E-state index contributed by atoms with van der Waals surface area (Å²) in [5, 5.41) is 19.4. The van der Waals surface area contributed by atoms with Gasteiger partial charge in [-0.25, -0.2) is 0 Å². The summed E-state index contributed by atoms with van der Waals surface area (Å²) < 4.78 is 0. The Labute approximate surface area is 104 Å². The standard InChI is InChI=1S/C15H24O2/c1-3-5-7-13-9-12(11-16)10-14(15(13)17)8-6-4-2/h9-10,16-17H,3-8,11H2,1-2H3. The number of aliphatic hydroxyl groups is 1. The number of hydrogen-bond donors (Lipinski definition) is 2. The van der Waals surface area contributed by atoms with Crippen LogP contribution in [0.15, 0.2) is 12.1 Å². The van der Waals surface area contributed by atoms with Crippen molar-refractivity contribution in [2.45, 2.75) is 59.0 Å². The Hall–Kier alpha value is -1.02. The highest BCUT2D eigenvalue weighted by atomic mass is 16.3. The van der Waals surface area contributed by atoms with Crippen LogP contribution in [-0.4, -0.2) is 10.2 Å². The molecule has 2 N–H and O–H groups in total. The lowest BCUT2D eigenvalue weighted by Gasteiger charge is -2.12. The van der Waals surface area contributed by atoms with Crippen molar-refractivity contribution in [2.75, 3.05) is 0 Å². The minimum atomic E-state index is 0.0541. The van der Waals surface area contributed by atoms with Gasteiger partial charge in [-0.15, -0.1) is 0 Å². The smallest absolute Gasteiger partial charge is 0.121 e. The summed E-state index contributed by atoms with van der Waals surface area (Å²) in [6.07, 6.45) is 6.19. The van der Waals surface area contributed by atoms with Crippen LogP contribution in [0.25, 0.3) is 0 Å². The Kier molecular flexibility index (Phi) is 6.06. The fraction of sp³-hybridized carbons (Fsp3) is 0.600. The molecule has 0 unspecified atom stereocenters. The lowest BCUT2D eigenvalue weighted by Crippen LogP contribution is -1.96. The average Bonchev–Trinajstić information content (AvgIpc) is 2.36. The molecule has 0 bridgehead atoms. The van der Waals surface area contributed by atoms with Crippen LogP contribution in [0.2, 0.25) is 0 Å². The van der Waals surface area contributed by atoms with E-state index in [1.807, 2.05) is 12.1 Å². The van der Waals surface area contributed by atoms with Gasteiger partial charge in [-0.1, -0.05) is 26.7 Å². The molecule has 17 heavy (non-hydrogen) atoms. The first-order valence-corrected chi connectivity index (χ1v) is 6.67. The normalized spacial score (nSPS) is 10.8. The first kappa shape index (κ1) is 14.0. The van der Waals surface area contributed by atoms with Crippen LogP contribution in [0, 0.1) is 0 Å². The molecule has 1 aromatic rings. The van der Waals surface area contributed by atoms with Crippen molar-refractivity contribution in [2.24, 2.45) is 0 Å². The molecule has 0 saturated heterocycles. The van der Waals surface area contributed by atoms with Gasteiger partial charge in [-0.2, -0.15) is 0 Å². The minimum absolute atomic E-state index is 0.0541. The predicted molar refractivity (Wildman–Crippen MR) is 71.3 cm³/mol. The molecule has 96 valence electrons. The number of hydrogen-bond acceptors (Lipinski definition) is 2. The summed E-state index contributed by atoms with van der Waals surface area (Å²) in [5.74, 6) is 0.448. The molecule has 0 aliphatic rings. The SMILES string of the molecule is CCCCc1cc(CO)cc(CCCC)c1O. The van der Waals surface area contributed by atoms with Gasteiger partial charge in [-0.05, 0) is 54.5 Å². The molecule has 1 aromatic carbocycles. The molecule has 0 aliphatic carbocycles. The summed E-state index contributed by atoms with van der Waals surface area (Å²) in [7, 11) is 0. The van der Waals surface area contributed by atoms with Crippen LogP contribution in [0.1, 0.15) is 56.2 Å². The lowest BCUT2D eigenvalue weighted by atomic mass is 9.97. The number of phenols is 1. The summed E-state index contributed by atoms with van der Waals surface area (Å²) in [6.45, 7) is 4.34. The third kappa shape index (κ3) is 4.04. The van der Waals surface area contributed by atoms with Gasteiger partial charge < -0.3 is 10.2 Å². The number of aliphatic hydroxyl groups excluding tert-OH is 1. The molecule has 2 nitrogen and oxygen atoms in total. The average molecular weight is 236 g/mol. The van der Waals surface area contributed by atoms with E-state index < -0.39 is 0 Å².